The minimum Gasteiger partial charge on any atom is -0.493 e. The zero-order valence-corrected chi connectivity index (χ0v) is 11.6. The number of benzene rings is 2. The first kappa shape index (κ1) is 12.8. The number of rotatable bonds is 2. The second kappa shape index (κ2) is 5.04. The van der Waals surface area contributed by atoms with Crippen LogP contribution in [0.25, 0.3) is 0 Å². The van der Waals surface area contributed by atoms with Gasteiger partial charge >= 0.3 is 0 Å². The van der Waals surface area contributed by atoms with Crippen molar-refractivity contribution in [3.8, 4) is 5.75 Å². The van der Waals surface area contributed by atoms with Crippen molar-refractivity contribution in [2.75, 3.05) is 6.61 Å². The van der Waals surface area contributed by atoms with E-state index in [0.29, 0.717) is 27.8 Å². The minimum atomic E-state index is -0.880. The zero-order valence-electron chi connectivity index (χ0n) is 10.1. The molecule has 2 nitrogen and oxygen atoms in total. The monoisotopic (exact) mass is 294 g/mol. The number of aliphatic hydroxyl groups is 1. The van der Waals surface area contributed by atoms with Gasteiger partial charge in [-0.1, -0.05) is 47.5 Å². The molecule has 1 atom stereocenters. The van der Waals surface area contributed by atoms with E-state index >= 15 is 0 Å². The van der Waals surface area contributed by atoms with E-state index in [-0.39, 0.29) is 0 Å². The van der Waals surface area contributed by atoms with Crippen molar-refractivity contribution in [1.29, 1.82) is 0 Å². The average Bonchev–Trinajstić information content (AvgIpc) is 2.86. The maximum atomic E-state index is 10.6. The number of aliphatic hydroxyl groups excluding tert-OH is 1. The summed E-state index contributed by atoms with van der Waals surface area (Å²) in [6.07, 6.45) is -0.0131. The lowest BCUT2D eigenvalue weighted by Crippen LogP contribution is -2.03. The predicted molar refractivity (Wildman–Crippen MR) is 76.2 cm³/mol. The summed E-state index contributed by atoms with van der Waals surface area (Å²) in [5.74, 6) is 0.756. The number of ether oxygens (including phenoxy) is 1. The summed E-state index contributed by atoms with van der Waals surface area (Å²) in [7, 11) is 0. The zero-order chi connectivity index (χ0) is 13.4. The van der Waals surface area contributed by atoms with Gasteiger partial charge in [-0.3, -0.25) is 0 Å². The number of para-hydroxylation sites is 1. The highest BCUT2D eigenvalue weighted by Gasteiger charge is 2.24. The quantitative estimate of drug-likeness (QED) is 0.907. The summed E-state index contributed by atoms with van der Waals surface area (Å²) in [4.78, 5) is 0. The lowest BCUT2D eigenvalue weighted by Gasteiger charge is -2.17. The second-order valence-electron chi connectivity index (χ2n) is 4.47. The van der Waals surface area contributed by atoms with Gasteiger partial charge in [-0.2, -0.15) is 0 Å². The molecule has 1 aliphatic rings. The minimum absolute atomic E-state index is 0.454. The van der Waals surface area contributed by atoms with Crippen LogP contribution < -0.4 is 4.74 Å². The summed E-state index contributed by atoms with van der Waals surface area (Å²) >= 11 is 12.3. The fourth-order valence-electron chi connectivity index (χ4n) is 2.38. The third-order valence-corrected chi connectivity index (χ3v) is 3.97. The van der Waals surface area contributed by atoms with Crippen molar-refractivity contribution in [2.45, 2.75) is 12.5 Å². The third-order valence-electron chi connectivity index (χ3n) is 3.31. The van der Waals surface area contributed by atoms with E-state index in [1.54, 1.807) is 18.2 Å². The van der Waals surface area contributed by atoms with Gasteiger partial charge in [0.2, 0.25) is 0 Å². The van der Waals surface area contributed by atoms with Crippen molar-refractivity contribution in [3.05, 3.63) is 63.1 Å². The molecule has 4 heteroatoms. The Morgan fingerprint density at radius 1 is 1.05 bits per heavy atom. The number of hydrogen-bond acceptors (Lipinski definition) is 2. The fourth-order valence-corrected chi connectivity index (χ4v) is 2.99. The Balaban J connectivity index is 2.10. The standard InChI is InChI=1S/C15H12Cl2O2/c16-11-5-2-6-12(17)13(11)14(18)10-4-1-3-9-7-8-19-15(9)10/h1-6,14,18H,7-8H2. The molecular weight excluding hydrogens is 283 g/mol. The summed E-state index contributed by atoms with van der Waals surface area (Å²) in [6.45, 7) is 0.648. The van der Waals surface area contributed by atoms with Gasteiger partial charge in [0.15, 0.2) is 0 Å². The van der Waals surface area contributed by atoms with Crippen molar-refractivity contribution in [3.63, 3.8) is 0 Å². The first-order chi connectivity index (χ1) is 9.18. The molecule has 1 heterocycles. The molecule has 0 radical (unpaired) electrons. The Bertz CT molecular complexity index is 605. The Hall–Kier alpha value is -1.22. The molecule has 98 valence electrons. The van der Waals surface area contributed by atoms with Crippen LogP contribution >= 0.6 is 23.2 Å². The molecule has 0 spiro atoms. The Kier molecular flexibility index (Phi) is 3.40. The van der Waals surface area contributed by atoms with Gasteiger partial charge in [0.05, 0.1) is 6.61 Å². The van der Waals surface area contributed by atoms with E-state index in [0.717, 1.165) is 17.7 Å². The molecule has 1 unspecified atom stereocenters. The molecule has 0 fully saturated rings. The van der Waals surface area contributed by atoms with Crippen LogP contribution in [0.2, 0.25) is 10.0 Å². The Labute approximate surface area is 121 Å². The average molecular weight is 295 g/mol. The SMILES string of the molecule is OC(c1cccc2c1OCC2)c1c(Cl)cccc1Cl. The van der Waals surface area contributed by atoms with Crippen LogP contribution in [-0.2, 0) is 6.42 Å². The lowest BCUT2D eigenvalue weighted by molar-refractivity contribution is 0.214. The predicted octanol–water partition coefficient (Wildman–Crippen LogP) is 4.01. The lowest BCUT2D eigenvalue weighted by atomic mass is 9.98. The molecule has 0 aromatic heterocycles. The fraction of sp³-hybridized carbons (Fsp3) is 0.200. The molecule has 0 bridgehead atoms. The van der Waals surface area contributed by atoms with Crippen molar-refractivity contribution < 1.29 is 9.84 Å². The molecule has 0 amide bonds. The first-order valence-corrected chi connectivity index (χ1v) is 6.80. The van der Waals surface area contributed by atoms with Gasteiger partial charge in [-0.05, 0) is 17.7 Å². The van der Waals surface area contributed by atoms with Crippen molar-refractivity contribution >= 4 is 23.2 Å². The van der Waals surface area contributed by atoms with E-state index in [9.17, 15) is 5.11 Å². The molecule has 2 aromatic carbocycles. The first-order valence-electron chi connectivity index (χ1n) is 6.05. The second-order valence-corrected chi connectivity index (χ2v) is 5.29. The molecule has 2 aromatic rings. The molecule has 0 saturated heterocycles. The van der Waals surface area contributed by atoms with Gasteiger partial charge < -0.3 is 9.84 Å². The summed E-state index contributed by atoms with van der Waals surface area (Å²) in [5, 5.41) is 11.5. The van der Waals surface area contributed by atoms with Gasteiger partial charge in [-0.25, -0.2) is 0 Å². The number of halogens is 2. The van der Waals surface area contributed by atoms with Crippen LogP contribution in [0.3, 0.4) is 0 Å². The molecule has 3 rings (SSSR count). The van der Waals surface area contributed by atoms with Gasteiger partial charge in [0.1, 0.15) is 11.9 Å². The van der Waals surface area contributed by atoms with E-state index < -0.39 is 6.10 Å². The van der Waals surface area contributed by atoms with E-state index in [2.05, 4.69) is 0 Å². The topological polar surface area (TPSA) is 29.5 Å². The maximum Gasteiger partial charge on any atom is 0.128 e. The summed E-state index contributed by atoms with van der Waals surface area (Å²) < 4.78 is 5.61. The van der Waals surface area contributed by atoms with Crippen molar-refractivity contribution in [2.24, 2.45) is 0 Å². The molecule has 0 saturated carbocycles. The van der Waals surface area contributed by atoms with E-state index in [1.807, 2.05) is 18.2 Å². The van der Waals surface area contributed by atoms with Crippen LogP contribution in [-0.4, -0.2) is 11.7 Å². The molecular formula is C15H12Cl2O2. The van der Waals surface area contributed by atoms with Crippen LogP contribution in [0.15, 0.2) is 36.4 Å². The van der Waals surface area contributed by atoms with Crippen LogP contribution in [0.1, 0.15) is 22.8 Å². The summed E-state index contributed by atoms with van der Waals surface area (Å²) in [6, 6.07) is 11.0. The molecule has 1 aliphatic heterocycles. The van der Waals surface area contributed by atoms with Crippen LogP contribution in [0.4, 0.5) is 0 Å². The van der Waals surface area contributed by atoms with E-state index in [4.69, 9.17) is 27.9 Å². The van der Waals surface area contributed by atoms with Gasteiger partial charge in [-0.15, -0.1) is 0 Å². The van der Waals surface area contributed by atoms with Gasteiger partial charge in [0, 0.05) is 27.6 Å². The van der Waals surface area contributed by atoms with Crippen molar-refractivity contribution in [1.82, 2.24) is 0 Å². The highest BCUT2D eigenvalue weighted by molar-refractivity contribution is 6.36. The number of fused-ring (bicyclic) bond motifs is 1. The van der Waals surface area contributed by atoms with Crippen LogP contribution in [0.5, 0.6) is 5.75 Å². The molecule has 1 N–H and O–H groups in total. The highest BCUT2D eigenvalue weighted by atomic mass is 35.5. The van der Waals surface area contributed by atoms with E-state index in [1.165, 1.54) is 0 Å². The van der Waals surface area contributed by atoms with Crippen LogP contribution in [0, 0.1) is 0 Å². The van der Waals surface area contributed by atoms with Gasteiger partial charge in [0.25, 0.3) is 0 Å². The largest absolute Gasteiger partial charge is 0.493 e. The normalized spacial score (nSPS) is 14.9. The third kappa shape index (κ3) is 2.20. The number of hydrogen-bond donors (Lipinski definition) is 1. The molecule has 19 heavy (non-hydrogen) atoms. The maximum absolute atomic E-state index is 10.6. The Morgan fingerprint density at radius 2 is 1.74 bits per heavy atom. The highest BCUT2D eigenvalue weighted by Crippen LogP contribution is 2.40. The summed E-state index contributed by atoms with van der Waals surface area (Å²) in [5.41, 5.74) is 2.35. The Morgan fingerprint density at radius 3 is 2.47 bits per heavy atom. The smallest absolute Gasteiger partial charge is 0.128 e. The molecule has 0 aliphatic carbocycles.